The van der Waals surface area contributed by atoms with Gasteiger partial charge in [0.1, 0.15) is 0 Å². The molecule has 0 atom stereocenters. The van der Waals surface area contributed by atoms with Crippen molar-refractivity contribution in [2.45, 2.75) is 6.18 Å². The molecule has 0 unspecified atom stereocenters. The molecule has 0 fully saturated rings. The lowest BCUT2D eigenvalue weighted by Crippen LogP contribution is -2.07. The number of benzene rings is 2. The van der Waals surface area contributed by atoms with Gasteiger partial charge in [-0.2, -0.15) is 13.2 Å². The third-order valence-electron chi connectivity index (χ3n) is 2.65. The maximum atomic E-state index is 12.5. The molecule has 0 aliphatic carbocycles. The molecule has 0 aromatic heterocycles. The summed E-state index contributed by atoms with van der Waals surface area (Å²) in [6.45, 7) is 0. The normalized spacial score (nSPS) is 11.4. The van der Waals surface area contributed by atoms with E-state index in [2.05, 4.69) is 31.9 Å². The maximum absolute atomic E-state index is 12.5. The molecule has 0 saturated heterocycles. The fourth-order valence-corrected chi connectivity index (χ4v) is 2.43. The van der Waals surface area contributed by atoms with E-state index in [1.54, 1.807) is 18.2 Å². The molecule has 2 aromatic carbocycles. The minimum absolute atomic E-state index is 0.205. The van der Waals surface area contributed by atoms with Gasteiger partial charge < -0.3 is 0 Å². The van der Waals surface area contributed by atoms with Crippen LogP contribution in [0.15, 0.2) is 51.4 Å². The third kappa shape index (κ3) is 3.30. The van der Waals surface area contributed by atoms with E-state index in [1.165, 1.54) is 12.1 Å². The van der Waals surface area contributed by atoms with Crippen molar-refractivity contribution >= 4 is 37.6 Å². The number of hydrogen-bond acceptors (Lipinski definition) is 1. The molecule has 0 bridgehead atoms. The highest BCUT2D eigenvalue weighted by Crippen LogP contribution is 2.30. The van der Waals surface area contributed by atoms with Gasteiger partial charge in [-0.15, -0.1) is 0 Å². The van der Waals surface area contributed by atoms with Crippen LogP contribution in [-0.4, -0.2) is 5.78 Å². The molecule has 20 heavy (non-hydrogen) atoms. The van der Waals surface area contributed by atoms with Crippen molar-refractivity contribution in [2.24, 2.45) is 0 Å². The van der Waals surface area contributed by atoms with Crippen molar-refractivity contribution in [3.63, 3.8) is 0 Å². The minimum Gasteiger partial charge on any atom is -0.289 e. The summed E-state index contributed by atoms with van der Waals surface area (Å²) in [4.78, 5) is 12.2. The fraction of sp³-hybridized carbons (Fsp3) is 0.0714. The van der Waals surface area contributed by atoms with Crippen molar-refractivity contribution in [2.75, 3.05) is 0 Å². The van der Waals surface area contributed by atoms with Crippen molar-refractivity contribution in [3.05, 3.63) is 68.1 Å². The molecule has 0 N–H and O–H groups in total. The van der Waals surface area contributed by atoms with E-state index in [1.807, 2.05) is 0 Å². The second kappa shape index (κ2) is 5.69. The van der Waals surface area contributed by atoms with Crippen LogP contribution in [-0.2, 0) is 6.18 Å². The van der Waals surface area contributed by atoms with Crippen LogP contribution in [0.2, 0.25) is 0 Å². The Labute approximate surface area is 130 Å². The molecule has 104 valence electrons. The van der Waals surface area contributed by atoms with E-state index in [4.69, 9.17) is 0 Å². The Hall–Kier alpha value is -1.14. The van der Waals surface area contributed by atoms with Gasteiger partial charge in [0.2, 0.25) is 0 Å². The van der Waals surface area contributed by atoms with Crippen LogP contribution in [0.1, 0.15) is 21.5 Å². The lowest BCUT2D eigenvalue weighted by atomic mass is 10.0. The van der Waals surface area contributed by atoms with Crippen LogP contribution >= 0.6 is 31.9 Å². The van der Waals surface area contributed by atoms with E-state index < -0.39 is 11.7 Å². The zero-order valence-corrected chi connectivity index (χ0v) is 13.0. The Kier molecular flexibility index (Phi) is 4.34. The first-order valence-electron chi connectivity index (χ1n) is 5.46. The molecular weight excluding hydrogens is 401 g/mol. The van der Waals surface area contributed by atoms with Gasteiger partial charge in [-0.05, 0) is 30.3 Å². The molecular formula is C14H7Br2F3O. The molecule has 0 saturated carbocycles. The average molecular weight is 408 g/mol. The minimum atomic E-state index is -4.40. The number of hydrogen-bond donors (Lipinski definition) is 0. The Balaban J connectivity index is 2.37. The Morgan fingerprint density at radius 2 is 1.55 bits per heavy atom. The summed E-state index contributed by atoms with van der Waals surface area (Å²) >= 11 is 6.51. The topological polar surface area (TPSA) is 17.1 Å². The van der Waals surface area contributed by atoms with Gasteiger partial charge in [0.25, 0.3) is 0 Å². The van der Waals surface area contributed by atoms with Crippen LogP contribution in [0.5, 0.6) is 0 Å². The fourth-order valence-electron chi connectivity index (χ4n) is 1.64. The molecule has 0 amide bonds. The van der Waals surface area contributed by atoms with E-state index >= 15 is 0 Å². The van der Waals surface area contributed by atoms with Crippen LogP contribution in [0.25, 0.3) is 0 Å². The summed E-state index contributed by atoms with van der Waals surface area (Å²) < 4.78 is 38.7. The zero-order chi connectivity index (χ0) is 14.9. The highest BCUT2D eigenvalue weighted by molar-refractivity contribution is 9.11. The molecule has 2 aromatic rings. The average Bonchev–Trinajstić information content (AvgIpc) is 2.40. The van der Waals surface area contributed by atoms with Crippen molar-refractivity contribution in [1.82, 2.24) is 0 Å². The smallest absolute Gasteiger partial charge is 0.289 e. The lowest BCUT2D eigenvalue weighted by Gasteiger charge is -2.08. The van der Waals surface area contributed by atoms with Crippen molar-refractivity contribution in [3.8, 4) is 0 Å². The molecule has 2 rings (SSSR count). The highest BCUT2D eigenvalue weighted by atomic mass is 79.9. The predicted octanol–water partition coefficient (Wildman–Crippen LogP) is 5.46. The van der Waals surface area contributed by atoms with Gasteiger partial charge in [-0.1, -0.05) is 44.0 Å². The maximum Gasteiger partial charge on any atom is 0.416 e. The molecule has 6 heteroatoms. The second-order valence-electron chi connectivity index (χ2n) is 4.03. The number of alkyl halides is 3. The lowest BCUT2D eigenvalue weighted by molar-refractivity contribution is -0.137. The van der Waals surface area contributed by atoms with Crippen LogP contribution < -0.4 is 0 Å². The van der Waals surface area contributed by atoms with Gasteiger partial charge in [-0.3, -0.25) is 4.79 Å². The first-order chi connectivity index (χ1) is 9.29. The second-order valence-corrected chi connectivity index (χ2v) is 5.80. The summed E-state index contributed by atoms with van der Waals surface area (Å²) in [5.74, 6) is -0.341. The molecule has 1 nitrogen and oxygen atoms in total. The number of rotatable bonds is 2. The Morgan fingerprint density at radius 3 is 2.10 bits per heavy atom. The van der Waals surface area contributed by atoms with Crippen LogP contribution in [0, 0.1) is 0 Å². The molecule has 0 radical (unpaired) electrons. The van der Waals surface area contributed by atoms with Crippen LogP contribution in [0.4, 0.5) is 13.2 Å². The zero-order valence-electron chi connectivity index (χ0n) is 9.84. The molecule has 0 heterocycles. The summed E-state index contributed by atoms with van der Waals surface area (Å²) in [6.07, 6.45) is -4.40. The summed E-state index contributed by atoms with van der Waals surface area (Å²) in [5.41, 5.74) is -0.182. The van der Waals surface area contributed by atoms with E-state index in [9.17, 15) is 18.0 Å². The van der Waals surface area contributed by atoms with Gasteiger partial charge in [-0.25, -0.2) is 0 Å². The van der Waals surface area contributed by atoms with E-state index in [0.29, 0.717) is 10.0 Å². The van der Waals surface area contributed by atoms with E-state index in [0.717, 1.165) is 16.6 Å². The first kappa shape index (κ1) is 15.3. The van der Waals surface area contributed by atoms with Crippen molar-refractivity contribution in [1.29, 1.82) is 0 Å². The quantitative estimate of drug-likeness (QED) is 0.604. The molecule has 0 spiro atoms. The first-order valence-corrected chi connectivity index (χ1v) is 7.04. The highest BCUT2D eigenvalue weighted by Gasteiger charge is 2.30. The Bertz CT molecular complexity index is 648. The van der Waals surface area contributed by atoms with Gasteiger partial charge in [0.15, 0.2) is 5.78 Å². The summed E-state index contributed by atoms with van der Waals surface area (Å²) in [6, 6.07) is 9.23. The monoisotopic (exact) mass is 406 g/mol. The predicted molar refractivity (Wildman–Crippen MR) is 76.7 cm³/mol. The number of halogens is 5. The van der Waals surface area contributed by atoms with Gasteiger partial charge in [0.05, 0.1) is 5.56 Å². The largest absolute Gasteiger partial charge is 0.416 e. The van der Waals surface area contributed by atoms with Crippen LogP contribution in [0.3, 0.4) is 0 Å². The van der Waals surface area contributed by atoms with Gasteiger partial charge in [0, 0.05) is 20.1 Å². The van der Waals surface area contributed by atoms with Gasteiger partial charge >= 0.3 is 6.18 Å². The van der Waals surface area contributed by atoms with Crippen molar-refractivity contribution < 1.29 is 18.0 Å². The number of carbonyl (C=O) groups excluding carboxylic acids is 1. The SMILES string of the molecule is O=C(c1ccc(C(F)(F)F)cc1)c1cc(Br)ccc1Br. The number of ketones is 1. The molecule has 0 aliphatic rings. The summed E-state index contributed by atoms with van der Waals surface area (Å²) in [5, 5.41) is 0. The summed E-state index contributed by atoms with van der Waals surface area (Å²) in [7, 11) is 0. The third-order valence-corrected chi connectivity index (χ3v) is 3.83. The molecule has 0 aliphatic heterocycles. The standard InChI is InChI=1S/C14H7Br2F3O/c15-10-5-6-12(16)11(7-10)13(20)8-1-3-9(4-2-8)14(17,18)19/h1-7H. The Morgan fingerprint density at radius 1 is 0.950 bits per heavy atom. The number of carbonyl (C=O) groups is 1. The van der Waals surface area contributed by atoms with E-state index in [-0.39, 0.29) is 11.3 Å².